The van der Waals surface area contributed by atoms with Crippen LogP contribution in [0.3, 0.4) is 0 Å². The fourth-order valence-electron chi connectivity index (χ4n) is 1.72. The summed E-state index contributed by atoms with van der Waals surface area (Å²) in [5, 5.41) is 17.2. The summed E-state index contributed by atoms with van der Waals surface area (Å²) in [7, 11) is -3.87. The van der Waals surface area contributed by atoms with Crippen LogP contribution in [0.15, 0.2) is 28.7 Å². The molecule has 0 radical (unpaired) electrons. The van der Waals surface area contributed by atoms with Gasteiger partial charge in [0.1, 0.15) is 0 Å². The van der Waals surface area contributed by atoms with Gasteiger partial charge in [0.05, 0.1) is 17.4 Å². The average Bonchev–Trinajstić information content (AvgIpc) is 3.06. The molecule has 1 amide bonds. The summed E-state index contributed by atoms with van der Waals surface area (Å²) in [6, 6.07) is 4.97. The normalized spacial score (nSPS) is 11.5. The standard InChI is InChI=1S/C11H10N6O3S2/c1-6(18)13-10-15-16-11(21-10)22(19,20)17-8-3-2-7-5-12-14-9(7)4-8/h2-5,17H,1H3,(H,12,14)(H,13,15,18). The summed E-state index contributed by atoms with van der Waals surface area (Å²) in [6.07, 6.45) is 1.64. The SMILES string of the molecule is CC(=O)Nc1nnc(S(=O)(=O)Nc2ccc3cn[nH]c3c2)s1. The fraction of sp³-hybridized carbons (Fsp3) is 0.0909. The van der Waals surface area contributed by atoms with Crippen LogP contribution in [0.1, 0.15) is 6.92 Å². The molecule has 2 heterocycles. The number of carbonyl (C=O) groups is 1. The van der Waals surface area contributed by atoms with Crippen molar-refractivity contribution in [3.05, 3.63) is 24.4 Å². The molecule has 0 bridgehead atoms. The molecule has 0 saturated heterocycles. The third-order valence-electron chi connectivity index (χ3n) is 2.61. The van der Waals surface area contributed by atoms with E-state index in [1.165, 1.54) is 6.92 Å². The number of anilines is 2. The molecule has 0 aliphatic heterocycles. The third-order valence-corrected chi connectivity index (χ3v) is 5.20. The number of H-pyrrole nitrogens is 1. The number of aromatic amines is 1. The van der Waals surface area contributed by atoms with Gasteiger partial charge in [-0.2, -0.15) is 13.5 Å². The van der Waals surface area contributed by atoms with Crippen molar-refractivity contribution in [3.63, 3.8) is 0 Å². The van der Waals surface area contributed by atoms with Gasteiger partial charge in [-0.1, -0.05) is 11.3 Å². The largest absolute Gasteiger partial charge is 0.301 e. The maximum atomic E-state index is 12.2. The van der Waals surface area contributed by atoms with Gasteiger partial charge in [0.15, 0.2) is 0 Å². The Bertz CT molecular complexity index is 946. The predicted molar refractivity (Wildman–Crippen MR) is 81.1 cm³/mol. The van der Waals surface area contributed by atoms with Gasteiger partial charge >= 0.3 is 0 Å². The number of sulfonamides is 1. The molecule has 3 aromatic rings. The molecule has 1 aromatic carbocycles. The highest BCUT2D eigenvalue weighted by Gasteiger charge is 2.21. The van der Waals surface area contributed by atoms with Gasteiger partial charge in [-0.3, -0.25) is 14.6 Å². The lowest BCUT2D eigenvalue weighted by molar-refractivity contribution is -0.114. The lowest BCUT2D eigenvalue weighted by atomic mass is 10.2. The molecule has 0 saturated carbocycles. The summed E-state index contributed by atoms with van der Waals surface area (Å²) < 4.78 is 26.6. The number of rotatable bonds is 4. The van der Waals surface area contributed by atoms with E-state index >= 15 is 0 Å². The summed E-state index contributed by atoms with van der Waals surface area (Å²) in [4.78, 5) is 10.9. The molecular weight excluding hydrogens is 328 g/mol. The van der Waals surface area contributed by atoms with Crippen molar-refractivity contribution in [3.8, 4) is 0 Å². The molecule has 0 fully saturated rings. The molecule has 3 rings (SSSR count). The quantitative estimate of drug-likeness (QED) is 0.612. The van der Waals surface area contributed by atoms with E-state index in [0.29, 0.717) is 11.2 Å². The van der Waals surface area contributed by atoms with Gasteiger partial charge in [0.25, 0.3) is 14.4 Å². The van der Waals surface area contributed by atoms with Gasteiger partial charge < -0.3 is 5.32 Å². The van der Waals surface area contributed by atoms with Crippen LogP contribution in [-0.4, -0.2) is 34.7 Å². The van der Waals surface area contributed by atoms with E-state index in [2.05, 4.69) is 30.4 Å². The van der Waals surface area contributed by atoms with E-state index in [0.717, 1.165) is 16.7 Å². The van der Waals surface area contributed by atoms with Gasteiger partial charge in [-0.15, -0.1) is 10.2 Å². The Balaban J connectivity index is 1.86. The Kier molecular flexibility index (Phi) is 3.50. The van der Waals surface area contributed by atoms with E-state index in [1.807, 2.05) is 0 Å². The smallest absolute Gasteiger partial charge is 0.291 e. The third kappa shape index (κ3) is 2.89. The molecule has 0 aliphatic rings. The Morgan fingerprint density at radius 1 is 1.32 bits per heavy atom. The molecule has 114 valence electrons. The Morgan fingerprint density at radius 2 is 2.14 bits per heavy atom. The number of hydrogen-bond acceptors (Lipinski definition) is 7. The van der Waals surface area contributed by atoms with Crippen molar-refractivity contribution in [2.24, 2.45) is 0 Å². The van der Waals surface area contributed by atoms with Crippen LogP contribution in [0.4, 0.5) is 10.8 Å². The number of carbonyl (C=O) groups excluding carboxylic acids is 1. The van der Waals surface area contributed by atoms with Gasteiger partial charge in [-0.05, 0) is 18.2 Å². The zero-order chi connectivity index (χ0) is 15.7. The first kappa shape index (κ1) is 14.4. The molecule has 9 nitrogen and oxygen atoms in total. The van der Waals surface area contributed by atoms with Gasteiger partial charge in [-0.25, -0.2) is 0 Å². The maximum absolute atomic E-state index is 12.2. The van der Waals surface area contributed by atoms with Crippen molar-refractivity contribution in [2.75, 3.05) is 10.0 Å². The Hall–Kier alpha value is -2.53. The van der Waals surface area contributed by atoms with Gasteiger partial charge in [0.2, 0.25) is 11.0 Å². The zero-order valence-corrected chi connectivity index (χ0v) is 12.8. The molecule has 11 heteroatoms. The minimum atomic E-state index is -3.87. The topological polar surface area (TPSA) is 130 Å². The van der Waals surface area contributed by atoms with Crippen LogP contribution < -0.4 is 10.0 Å². The monoisotopic (exact) mass is 338 g/mol. The van der Waals surface area contributed by atoms with Crippen LogP contribution in [0.25, 0.3) is 10.9 Å². The number of nitrogens with one attached hydrogen (secondary N) is 3. The van der Waals surface area contributed by atoms with E-state index in [4.69, 9.17) is 0 Å². The Labute approximate surface area is 128 Å². The summed E-state index contributed by atoms with van der Waals surface area (Å²) in [5.74, 6) is -0.349. The average molecular weight is 338 g/mol. The lowest BCUT2D eigenvalue weighted by Crippen LogP contribution is -2.12. The summed E-state index contributed by atoms with van der Waals surface area (Å²) in [6.45, 7) is 1.30. The molecule has 0 aliphatic carbocycles. The number of nitrogens with zero attached hydrogens (tertiary/aromatic N) is 3. The van der Waals surface area contributed by atoms with Crippen LogP contribution in [0, 0.1) is 0 Å². The Morgan fingerprint density at radius 3 is 2.91 bits per heavy atom. The minimum absolute atomic E-state index is 0.122. The first-order chi connectivity index (χ1) is 10.4. The molecule has 0 atom stereocenters. The second kappa shape index (κ2) is 5.35. The first-order valence-electron chi connectivity index (χ1n) is 6.01. The molecular formula is C11H10N6O3S2. The van der Waals surface area contributed by atoms with Gasteiger partial charge in [0, 0.05) is 12.3 Å². The minimum Gasteiger partial charge on any atom is -0.301 e. The summed E-state index contributed by atoms with van der Waals surface area (Å²) in [5.41, 5.74) is 1.07. The van der Waals surface area contributed by atoms with Crippen molar-refractivity contribution in [2.45, 2.75) is 11.3 Å². The molecule has 22 heavy (non-hydrogen) atoms. The number of fused-ring (bicyclic) bond motifs is 1. The first-order valence-corrected chi connectivity index (χ1v) is 8.31. The highest BCUT2D eigenvalue weighted by molar-refractivity contribution is 7.94. The molecule has 2 aromatic heterocycles. The second-order valence-corrected chi connectivity index (χ2v) is 7.17. The second-order valence-electron chi connectivity index (χ2n) is 4.33. The molecule has 3 N–H and O–H groups in total. The number of amides is 1. The van der Waals surface area contributed by atoms with Crippen LogP contribution >= 0.6 is 11.3 Å². The van der Waals surface area contributed by atoms with E-state index < -0.39 is 10.0 Å². The number of aromatic nitrogens is 4. The fourth-order valence-corrected chi connectivity index (χ4v) is 3.72. The van der Waals surface area contributed by atoms with Crippen LogP contribution in [0.2, 0.25) is 0 Å². The van der Waals surface area contributed by atoms with Crippen LogP contribution in [-0.2, 0) is 14.8 Å². The number of hydrogen-bond donors (Lipinski definition) is 3. The van der Waals surface area contributed by atoms with Crippen molar-refractivity contribution >= 4 is 49.0 Å². The van der Waals surface area contributed by atoms with Crippen molar-refractivity contribution in [1.82, 2.24) is 20.4 Å². The predicted octanol–water partition coefficient (Wildman–Crippen LogP) is 1.17. The lowest BCUT2D eigenvalue weighted by Gasteiger charge is -2.04. The summed E-state index contributed by atoms with van der Waals surface area (Å²) >= 11 is 0.768. The van der Waals surface area contributed by atoms with E-state index in [1.54, 1.807) is 24.4 Å². The molecule has 0 spiro atoms. The van der Waals surface area contributed by atoms with E-state index in [9.17, 15) is 13.2 Å². The van der Waals surface area contributed by atoms with Crippen molar-refractivity contribution < 1.29 is 13.2 Å². The molecule has 0 unspecified atom stereocenters. The number of benzene rings is 1. The van der Waals surface area contributed by atoms with E-state index in [-0.39, 0.29) is 15.4 Å². The van der Waals surface area contributed by atoms with Crippen molar-refractivity contribution in [1.29, 1.82) is 0 Å². The highest BCUT2D eigenvalue weighted by Crippen LogP contribution is 2.24. The van der Waals surface area contributed by atoms with Crippen LogP contribution in [0.5, 0.6) is 0 Å². The maximum Gasteiger partial charge on any atom is 0.291 e. The zero-order valence-electron chi connectivity index (χ0n) is 11.2. The highest BCUT2D eigenvalue weighted by atomic mass is 32.2.